The van der Waals surface area contributed by atoms with Crippen molar-refractivity contribution in [3.63, 3.8) is 0 Å². The molecule has 6 nitrogen and oxygen atoms in total. The van der Waals surface area contributed by atoms with Gasteiger partial charge in [0.2, 0.25) is 0 Å². The summed E-state index contributed by atoms with van der Waals surface area (Å²) in [6.45, 7) is 2.40. The van der Waals surface area contributed by atoms with Crippen molar-refractivity contribution in [1.29, 1.82) is 0 Å². The Kier molecular flexibility index (Phi) is 6.01. The standard InChI is InChI=1S/C17H16FN3O3/c1-2-24-15-8-6-14(7-9-15)20-16(22)17(23)21-19-11-12-4-3-5-13(18)10-12/h3-11H,2H2,1H3,(H,20,22)(H,21,23)/b19-11-. The molecular weight excluding hydrogens is 313 g/mol. The number of halogens is 1. The van der Waals surface area contributed by atoms with E-state index in [1.54, 1.807) is 30.3 Å². The van der Waals surface area contributed by atoms with Gasteiger partial charge in [-0.25, -0.2) is 9.82 Å². The average molecular weight is 329 g/mol. The lowest BCUT2D eigenvalue weighted by Gasteiger charge is -2.06. The van der Waals surface area contributed by atoms with Crippen molar-refractivity contribution in [3.05, 3.63) is 59.9 Å². The molecule has 0 aliphatic rings. The molecule has 0 radical (unpaired) electrons. The van der Waals surface area contributed by atoms with E-state index in [0.717, 1.165) is 0 Å². The first-order valence-electron chi connectivity index (χ1n) is 7.21. The van der Waals surface area contributed by atoms with E-state index in [4.69, 9.17) is 4.74 Å². The first-order valence-corrected chi connectivity index (χ1v) is 7.21. The normalized spacial score (nSPS) is 10.4. The number of carbonyl (C=O) groups is 2. The molecule has 0 bridgehead atoms. The number of rotatable bonds is 5. The summed E-state index contributed by atoms with van der Waals surface area (Å²) in [5.74, 6) is -1.55. The number of hydrogen-bond donors (Lipinski definition) is 2. The van der Waals surface area contributed by atoms with Crippen LogP contribution in [-0.2, 0) is 9.59 Å². The van der Waals surface area contributed by atoms with Gasteiger partial charge < -0.3 is 10.1 Å². The van der Waals surface area contributed by atoms with Crippen molar-refractivity contribution < 1.29 is 18.7 Å². The largest absolute Gasteiger partial charge is 0.494 e. The van der Waals surface area contributed by atoms with Crippen LogP contribution in [0.1, 0.15) is 12.5 Å². The monoisotopic (exact) mass is 329 g/mol. The highest BCUT2D eigenvalue weighted by Crippen LogP contribution is 2.15. The highest BCUT2D eigenvalue weighted by atomic mass is 19.1. The van der Waals surface area contributed by atoms with Crippen LogP contribution in [0.25, 0.3) is 0 Å². The molecule has 0 unspecified atom stereocenters. The first-order chi connectivity index (χ1) is 11.6. The number of nitrogens with zero attached hydrogens (tertiary/aromatic N) is 1. The topological polar surface area (TPSA) is 79.8 Å². The van der Waals surface area contributed by atoms with Gasteiger partial charge >= 0.3 is 11.8 Å². The number of amides is 2. The highest BCUT2D eigenvalue weighted by molar-refractivity contribution is 6.39. The molecule has 0 saturated heterocycles. The maximum Gasteiger partial charge on any atom is 0.329 e. The Balaban J connectivity index is 1.86. The predicted octanol–water partition coefficient (Wildman–Crippen LogP) is 2.31. The van der Waals surface area contributed by atoms with E-state index >= 15 is 0 Å². The molecule has 0 aliphatic carbocycles. The number of carbonyl (C=O) groups excluding carboxylic acids is 2. The minimum atomic E-state index is -0.934. The highest BCUT2D eigenvalue weighted by Gasteiger charge is 2.12. The van der Waals surface area contributed by atoms with Gasteiger partial charge in [0.05, 0.1) is 12.8 Å². The number of ether oxygens (including phenoxy) is 1. The fraction of sp³-hybridized carbons (Fsp3) is 0.118. The molecule has 24 heavy (non-hydrogen) atoms. The van der Waals surface area contributed by atoms with Crippen LogP contribution in [0.3, 0.4) is 0 Å². The Morgan fingerprint density at radius 2 is 1.92 bits per heavy atom. The summed E-state index contributed by atoms with van der Waals surface area (Å²) in [4.78, 5) is 23.4. The fourth-order valence-corrected chi connectivity index (χ4v) is 1.79. The summed E-state index contributed by atoms with van der Waals surface area (Å²) in [7, 11) is 0. The summed E-state index contributed by atoms with van der Waals surface area (Å²) in [5.41, 5.74) is 2.99. The molecule has 2 amide bonds. The Morgan fingerprint density at radius 1 is 1.17 bits per heavy atom. The van der Waals surface area contributed by atoms with Crippen LogP contribution in [-0.4, -0.2) is 24.6 Å². The third-order valence-electron chi connectivity index (χ3n) is 2.86. The van der Waals surface area contributed by atoms with Crippen molar-refractivity contribution in [1.82, 2.24) is 5.43 Å². The second-order valence-corrected chi connectivity index (χ2v) is 4.67. The summed E-state index contributed by atoms with van der Waals surface area (Å²) >= 11 is 0. The molecule has 0 fully saturated rings. The zero-order valence-corrected chi connectivity index (χ0v) is 13.0. The van der Waals surface area contributed by atoms with Gasteiger partial charge in [0.1, 0.15) is 11.6 Å². The maximum absolute atomic E-state index is 13.0. The molecule has 124 valence electrons. The molecule has 2 rings (SSSR count). The molecule has 0 atom stereocenters. The lowest BCUT2D eigenvalue weighted by atomic mass is 10.2. The number of hydrazone groups is 1. The lowest BCUT2D eigenvalue weighted by molar-refractivity contribution is -0.136. The smallest absolute Gasteiger partial charge is 0.329 e. The van der Waals surface area contributed by atoms with E-state index in [-0.39, 0.29) is 0 Å². The van der Waals surface area contributed by atoms with Gasteiger partial charge in [0, 0.05) is 5.69 Å². The van der Waals surface area contributed by atoms with Crippen molar-refractivity contribution in [2.24, 2.45) is 5.10 Å². The summed E-state index contributed by atoms with van der Waals surface area (Å²) in [5, 5.41) is 6.04. The van der Waals surface area contributed by atoms with E-state index in [1.165, 1.54) is 24.4 Å². The molecule has 0 aliphatic heterocycles. The SMILES string of the molecule is CCOc1ccc(NC(=O)C(=O)N/N=C\c2cccc(F)c2)cc1. The Bertz CT molecular complexity index is 745. The first kappa shape index (κ1) is 17.1. The van der Waals surface area contributed by atoms with Crippen molar-refractivity contribution in [2.45, 2.75) is 6.92 Å². The predicted molar refractivity (Wildman–Crippen MR) is 88.4 cm³/mol. The van der Waals surface area contributed by atoms with E-state index in [9.17, 15) is 14.0 Å². The van der Waals surface area contributed by atoms with Crippen LogP contribution in [0.5, 0.6) is 5.75 Å². The number of nitrogens with one attached hydrogen (secondary N) is 2. The van der Waals surface area contributed by atoms with Crippen LogP contribution in [0, 0.1) is 5.82 Å². The van der Waals surface area contributed by atoms with Gasteiger partial charge in [-0.2, -0.15) is 5.10 Å². The van der Waals surface area contributed by atoms with Crippen LogP contribution < -0.4 is 15.5 Å². The number of anilines is 1. The van der Waals surface area contributed by atoms with E-state index in [1.807, 2.05) is 6.92 Å². The number of hydrogen-bond acceptors (Lipinski definition) is 4. The number of benzene rings is 2. The minimum Gasteiger partial charge on any atom is -0.494 e. The van der Waals surface area contributed by atoms with Crippen molar-refractivity contribution >= 4 is 23.7 Å². The summed E-state index contributed by atoms with van der Waals surface area (Å²) in [6, 6.07) is 12.3. The second-order valence-electron chi connectivity index (χ2n) is 4.67. The van der Waals surface area contributed by atoms with Crippen molar-refractivity contribution in [3.8, 4) is 5.75 Å². The lowest BCUT2D eigenvalue weighted by Crippen LogP contribution is -2.32. The fourth-order valence-electron chi connectivity index (χ4n) is 1.79. The summed E-state index contributed by atoms with van der Waals surface area (Å²) < 4.78 is 18.3. The molecule has 7 heteroatoms. The molecule has 2 N–H and O–H groups in total. The summed E-state index contributed by atoms with van der Waals surface area (Å²) in [6.07, 6.45) is 1.24. The molecule has 0 aromatic heterocycles. The van der Waals surface area contributed by atoms with E-state index in [0.29, 0.717) is 23.6 Å². The van der Waals surface area contributed by atoms with Gasteiger partial charge in [-0.1, -0.05) is 12.1 Å². The third kappa shape index (κ3) is 5.20. The van der Waals surface area contributed by atoms with Gasteiger partial charge in [0.15, 0.2) is 0 Å². The Morgan fingerprint density at radius 3 is 2.58 bits per heavy atom. The molecular formula is C17H16FN3O3. The average Bonchev–Trinajstić information content (AvgIpc) is 2.57. The van der Waals surface area contributed by atoms with Gasteiger partial charge in [-0.3, -0.25) is 9.59 Å². The van der Waals surface area contributed by atoms with Crippen LogP contribution in [0.15, 0.2) is 53.6 Å². The van der Waals surface area contributed by atoms with Gasteiger partial charge in [0.25, 0.3) is 0 Å². The quantitative estimate of drug-likeness (QED) is 0.502. The van der Waals surface area contributed by atoms with Crippen LogP contribution in [0.4, 0.5) is 10.1 Å². The molecule has 0 spiro atoms. The third-order valence-corrected chi connectivity index (χ3v) is 2.86. The Labute approximate surface area is 138 Å². The van der Waals surface area contributed by atoms with Gasteiger partial charge in [-0.15, -0.1) is 0 Å². The van der Waals surface area contributed by atoms with E-state index < -0.39 is 17.6 Å². The van der Waals surface area contributed by atoms with E-state index in [2.05, 4.69) is 15.8 Å². The van der Waals surface area contributed by atoms with Crippen LogP contribution in [0.2, 0.25) is 0 Å². The Hall–Kier alpha value is -3.22. The van der Waals surface area contributed by atoms with Crippen molar-refractivity contribution in [2.75, 3.05) is 11.9 Å². The molecule has 0 heterocycles. The molecule has 0 saturated carbocycles. The maximum atomic E-state index is 13.0. The van der Waals surface area contributed by atoms with Gasteiger partial charge in [-0.05, 0) is 48.9 Å². The zero-order valence-electron chi connectivity index (χ0n) is 13.0. The second kappa shape index (κ2) is 8.42. The molecule has 2 aromatic rings. The molecule has 2 aromatic carbocycles. The van der Waals surface area contributed by atoms with Crippen LogP contribution >= 0.6 is 0 Å². The minimum absolute atomic E-state index is 0.418. The zero-order chi connectivity index (χ0) is 17.4.